The van der Waals surface area contributed by atoms with Gasteiger partial charge < -0.3 is 29.8 Å². The highest BCUT2D eigenvalue weighted by Gasteiger charge is 2.29. The number of aromatic amines is 1. The van der Waals surface area contributed by atoms with E-state index in [1.807, 2.05) is 47.9 Å². The van der Waals surface area contributed by atoms with Gasteiger partial charge in [-0.2, -0.15) is 0 Å². The summed E-state index contributed by atoms with van der Waals surface area (Å²) in [5.74, 6) is -1.34. The van der Waals surface area contributed by atoms with Crippen molar-refractivity contribution in [2.75, 3.05) is 26.8 Å². The van der Waals surface area contributed by atoms with E-state index in [0.29, 0.717) is 25.1 Å². The number of likely N-dealkylation sites (tertiary alicyclic amines) is 1. The van der Waals surface area contributed by atoms with Crippen molar-refractivity contribution < 1.29 is 34.4 Å². The summed E-state index contributed by atoms with van der Waals surface area (Å²) in [6.45, 7) is 4.21. The second-order valence-corrected chi connectivity index (χ2v) is 10.5. The number of benzene rings is 2. The number of aliphatic hydroxyl groups is 1. The van der Waals surface area contributed by atoms with Gasteiger partial charge in [-0.3, -0.25) is 4.90 Å². The zero-order chi connectivity index (χ0) is 27.2. The molecular weight excluding hydrogens is 508 g/mol. The second-order valence-electron chi connectivity index (χ2n) is 9.39. The quantitative estimate of drug-likeness (QED) is 0.251. The Morgan fingerprint density at radius 3 is 2.66 bits per heavy atom. The summed E-state index contributed by atoms with van der Waals surface area (Å²) in [6.07, 6.45) is 3.62. The van der Waals surface area contributed by atoms with Crippen molar-refractivity contribution in [1.82, 2.24) is 9.88 Å². The number of piperidine rings is 1. The highest BCUT2D eigenvalue weighted by molar-refractivity contribution is 7.19. The number of ether oxygens (including phenoxy) is 2. The molecule has 0 bridgehead atoms. The molecular formula is C28H32N2O7S. The number of nitrogens with one attached hydrogen (secondary N) is 1. The molecule has 0 amide bonds. The monoisotopic (exact) mass is 540 g/mol. The molecule has 4 N–H and O–H groups in total. The number of aliphatic hydroxyl groups excluding tert-OH is 1. The lowest BCUT2D eigenvalue weighted by Gasteiger charge is -2.38. The van der Waals surface area contributed by atoms with Gasteiger partial charge in [-0.05, 0) is 80.1 Å². The predicted octanol–water partition coefficient (Wildman–Crippen LogP) is 4.55. The molecule has 38 heavy (non-hydrogen) atoms. The Balaban J connectivity index is 0.000000505. The van der Waals surface area contributed by atoms with Gasteiger partial charge in [0.25, 0.3) is 0 Å². The first-order valence-electron chi connectivity index (χ1n) is 12.4. The number of hydrogen-bond donors (Lipinski definition) is 4. The number of rotatable bonds is 7. The Kier molecular flexibility index (Phi) is 8.88. The summed E-state index contributed by atoms with van der Waals surface area (Å²) in [5.41, 5.74) is 1.05. The molecule has 10 heteroatoms. The van der Waals surface area contributed by atoms with Crippen LogP contribution in [0.5, 0.6) is 11.5 Å². The molecule has 1 aliphatic heterocycles. The second kappa shape index (κ2) is 12.3. The number of hydrogen-bond acceptors (Lipinski definition) is 7. The zero-order valence-corrected chi connectivity index (χ0v) is 22.1. The maximum Gasteiger partial charge on any atom is 0.414 e. The first-order chi connectivity index (χ1) is 18.2. The fourth-order valence-corrected chi connectivity index (χ4v) is 6.04. The summed E-state index contributed by atoms with van der Waals surface area (Å²) in [6, 6.07) is 17.0. The van der Waals surface area contributed by atoms with Crippen LogP contribution in [0.4, 0.5) is 0 Å². The van der Waals surface area contributed by atoms with Crippen molar-refractivity contribution in [3.05, 3.63) is 59.6 Å². The SMILES string of the molecule is COc1ccc2cc([C@@H]3CCN(C[C@H](O)COc4cccc5[nH]ccc45)[C@H](C)C3)sc2c1.O=C(O)C(=O)O. The first kappa shape index (κ1) is 27.4. The van der Waals surface area contributed by atoms with Crippen LogP contribution in [-0.2, 0) is 9.59 Å². The van der Waals surface area contributed by atoms with Gasteiger partial charge in [0, 0.05) is 39.3 Å². The van der Waals surface area contributed by atoms with Crippen LogP contribution in [-0.4, -0.2) is 76.1 Å². The highest BCUT2D eigenvalue weighted by atomic mass is 32.1. The fourth-order valence-electron chi connectivity index (χ4n) is 4.80. The minimum absolute atomic E-state index is 0.301. The maximum atomic E-state index is 10.6. The van der Waals surface area contributed by atoms with Crippen molar-refractivity contribution >= 4 is 44.3 Å². The van der Waals surface area contributed by atoms with Crippen molar-refractivity contribution in [1.29, 1.82) is 0 Å². The molecule has 0 saturated carbocycles. The molecule has 2 aromatic carbocycles. The van der Waals surface area contributed by atoms with Crippen LogP contribution in [0.25, 0.3) is 21.0 Å². The summed E-state index contributed by atoms with van der Waals surface area (Å²) < 4.78 is 12.6. The van der Waals surface area contributed by atoms with Crippen LogP contribution < -0.4 is 9.47 Å². The number of aromatic nitrogens is 1. The highest BCUT2D eigenvalue weighted by Crippen LogP contribution is 2.39. The summed E-state index contributed by atoms with van der Waals surface area (Å²) >= 11 is 1.89. The van der Waals surface area contributed by atoms with E-state index < -0.39 is 18.0 Å². The molecule has 0 radical (unpaired) electrons. The predicted molar refractivity (Wildman–Crippen MR) is 146 cm³/mol. The van der Waals surface area contributed by atoms with Gasteiger partial charge >= 0.3 is 11.9 Å². The summed E-state index contributed by atoms with van der Waals surface area (Å²) in [7, 11) is 1.72. The van der Waals surface area contributed by atoms with Gasteiger partial charge in [-0.25, -0.2) is 9.59 Å². The van der Waals surface area contributed by atoms with Gasteiger partial charge in [-0.1, -0.05) is 6.07 Å². The van der Waals surface area contributed by atoms with Crippen LogP contribution in [0.2, 0.25) is 0 Å². The number of carboxylic acids is 2. The van der Waals surface area contributed by atoms with Crippen LogP contribution in [0.15, 0.2) is 54.7 Å². The van der Waals surface area contributed by atoms with E-state index in [9.17, 15) is 5.11 Å². The van der Waals surface area contributed by atoms with E-state index >= 15 is 0 Å². The van der Waals surface area contributed by atoms with Gasteiger partial charge in [0.2, 0.25) is 0 Å². The molecule has 0 unspecified atom stereocenters. The zero-order valence-electron chi connectivity index (χ0n) is 21.3. The molecule has 1 saturated heterocycles. The van der Waals surface area contributed by atoms with E-state index in [1.54, 1.807) is 7.11 Å². The van der Waals surface area contributed by atoms with Crippen molar-refractivity contribution in [2.24, 2.45) is 0 Å². The van der Waals surface area contributed by atoms with E-state index in [-0.39, 0.29) is 0 Å². The minimum atomic E-state index is -1.82. The Hall–Kier alpha value is -3.60. The Bertz CT molecular complexity index is 1390. The van der Waals surface area contributed by atoms with Gasteiger partial charge in [0.1, 0.15) is 24.2 Å². The molecule has 4 aromatic rings. The molecule has 3 atom stereocenters. The third kappa shape index (κ3) is 6.63. The topological polar surface area (TPSA) is 132 Å². The van der Waals surface area contributed by atoms with Crippen LogP contribution in [0, 0.1) is 0 Å². The standard InChI is InChI=1S/C26H30N2O3S.C2H2O4/c1-17-12-19(25-13-18-6-7-21(30-2)14-26(18)32-25)9-11-28(17)15-20(29)16-31-24-5-3-4-23-22(24)8-10-27-23;3-1(4)2(5)6/h3-8,10,13-14,17,19-20,27,29H,9,11-12,15-16H2,1-2H3;(H,3,4)(H,5,6)/t17-,19-,20+;/m1./s1. The molecule has 2 aromatic heterocycles. The average molecular weight is 541 g/mol. The van der Waals surface area contributed by atoms with Crippen molar-refractivity contribution in [2.45, 2.75) is 37.8 Å². The Morgan fingerprint density at radius 2 is 1.95 bits per heavy atom. The number of methoxy groups -OCH3 is 1. The third-order valence-corrected chi connectivity index (χ3v) is 8.04. The lowest BCUT2D eigenvalue weighted by atomic mass is 9.90. The molecule has 9 nitrogen and oxygen atoms in total. The minimum Gasteiger partial charge on any atom is -0.497 e. The van der Waals surface area contributed by atoms with Crippen LogP contribution >= 0.6 is 11.3 Å². The number of aliphatic carboxylic acids is 2. The Morgan fingerprint density at radius 1 is 1.16 bits per heavy atom. The van der Waals surface area contributed by atoms with E-state index in [4.69, 9.17) is 29.3 Å². The van der Waals surface area contributed by atoms with E-state index in [2.05, 4.69) is 35.0 Å². The number of fused-ring (bicyclic) bond motifs is 2. The van der Waals surface area contributed by atoms with E-state index in [1.165, 1.54) is 15.0 Å². The third-order valence-electron chi connectivity index (χ3n) is 6.78. The molecule has 0 spiro atoms. The van der Waals surface area contributed by atoms with Crippen molar-refractivity contribution in [3.63, 3.8) is 0 Å². The number of β-amino-alcohol motifs (C(OH)–C–C–N with tert-alkyl or cyclic N) is 1. The molecule has 0 aliphatic carbocycles. The molecule has 1 fully saturated rings. The van der Waals surface area contributed by atoms with Crippen LogP contribution in [0.1, 0.15) is 30.6 Å². The van der Waals surface area contributed by atoms with Gasteiger partial charge in [0.05, 0.1) is 7.11 Å². The summed E-state index contributed by atoms with van der Waals surface area (Å²) in [4.78, 5) is 25.3. The smallest absolute Gasteiger partial charge is 0.414 e. The number of H-pyrrole nitrogens is 1. The Labute approximate surface area is 224 Å². The fraction of sp³-hybridized carbons (Fsp3) is 0.357. The number of thiophene rings is 1. The number of carbonyl (C=O) groups is 2. The van der Waals surface area contributed by atoms with Gasteiger partial charge in [-0.15, -0.1) is 11.3 Å². The number of carboxylic acid groups (broad SMARTS) is 2. The van der Waals surface area contributed by atoms with Crippen molar-refractivity contribution in [3.8, 4) is 11.5 Å². The molecule has 3 heterocycles. The van der Waals surface area contributed by atoms with E-state index in [0.717, 1.165) is 41.8 Å². The first-order valence-corrected chi connectivity index (χ1v) is 13.2. The maximum absolute atomic E-state index is 10.6. The average Bonchev–Trinajstić information content (AvgIpc) is 3.56. The lowest BCUT2D eigenvalue weighted by Crippen LogP contribution is -2.45. The van der Waals surface area contributed by atoms with Crippen LogP contribution in [0.3, 0.4) is 0 Å². The molecule has 5 rings (SSSR count). The number of nitrogens with zero attached hydrogens (tertiary/aromatic N) is 1. The lowest BCUT2D eigenvalue weighted by molar-refractivity contribution is -0.159. The molecule has 1 aliphatic rings. The summed E-state index contributed by atoms with van der Waals surface area (Å²) in [5, 5.41) is 27.8. The van der Waals surface area contributed by atoms with Gasteiger partial charge in [0.15, 0.2) is 0 Å². The normalized spacial score (nSPS) is 18.5. The molecule has 202 valence electrons. The largest absolute Gasteiger partial charge is 0.497 e.